The molecule has 3 rings (SSSR count). The van der Waals surface area contributed by atoms with Crippen LogP contribution in [-0.2, 0) is 23.0 Å². The van der Waals surface area contributed by atoms with E-state index in [4.69, 9.17) is 21.5 Å². The zero-order chi connectivity index (χ0) is 19.6. The average molecular weight is 408 g/mol. The van der Waals surface area contributed by atoms with E-state index in [1.165, 1.54) is 4.88 Å². The first-order valence-electron chi connectivity index (χ1n) is 9.16. The van der Waals surface area contributed by atoms with Crippen LogP contribution in [0.2, 0.25) is 0 Å². The van der Waals surface area contributed by atoms with Crippen molar-refractivity contribution >= 4 is 45.5 Å². The molecule has 2 heterocycles. The number of nitrogens with zero attached hydrogens (tertiary/aromatic N) is 1. The highest BCUT2D eigenvalue weighted by Crippen LogP contribution is 2.38. The summed E-state index contributed by atoms with van der Waals surface area (Å²) in [5.74, 6) is 1.02. The molecule has 0 spiro atoms. The number of hydrogen-bond donors (Lipinski definition) is 2. The predicted molar refractivity (Wildman–Crippen MR) is 112 cm³/mol. The first-order chi connectivity index (χ1) is 12.8. The molecule has 0 saturated heterocycles. The molecule has 0 radical (unpaired) electrons. The van der Waals surface area contributed by atoms with Crippen LogP contribution in [0.3, 0.4) is 0 Å². The molecule has 0 atom stereocenters. The summed E-state index contributed by atoms with van der Waals surface area (Å²) in [6.45, 7) is 8.31. The van der Waals surface area contributed by atoms with E-state index in [0.717, 1.165) is 42.0 Å². The first-order valence-corrected chi connectivity index (χ1v) is 10.4. The molecule has 0 aliphatic heterocycles. The van der Waals surface area contributed by atoms with E-state index < -0.39 is 0 Å². The topological polar surface area (TPSA) is 76.4 Å². The van der Waals surface area contributed by atoms with Gasteiger partial charge in [-0.3, -0.25) is 0 Å². The maximum atomic E-state index is 12.5. The molecule has 8 heteroatoms. The van der Waals surface area contributed by atoms with Gasteiger partial charge in [0.05, 0.1) is 12.2 Å². The van der Waals surface area contributed by atoms with E-state index in [1.54, 1.807) is 11.3 Å². The van der Waals surface area contributed by atoms with Crippen molar-refractivity contribution in [2.24, 2.45) is 0 Å². The van der Waals surface area contributed by atoms with Crippen LogP contribution >= 0.6 is 23.6 Å². The van der Waals surface area contributed by atoms with Gasteiger partial charge in [-0.05, 0) is 50.4 Å². The molecule has 2 aromatic heterocycles. The second-order valence-corrected chi connectivity index (χ2v) is 9.05. The molecule has 2 aromatic rings. The average Bonchev–Trinajstić information content (AvgIpc) is 3.18. The summed E-state index contributed by atoms with van der Waals surface area (Å²) in [7, 11) is 0. The highest BCUT2D eigenvalue weighted by atomic mass is 32.1. The number of aromatic nitrogens is 1. The Balaban J connectivity index is 1.78. The third kappa shape index (κ3) is 4.50. The molecule has 0 unspecified atom stereocenters. The number of ether oxygens (including phenoxy) is 1. The van der Waals surface area contributed by atoms with Crippen molar-refractivity contribution < 1.29 is 14.1 Å². The Labute approximate surface area is 168 Å². The van der Waals surface area contributed by atoms with Gasteiger partial charge < -0.3 is 19.9 Å². The number of nitrogens with one attached hydrogen (secondary N) is 2. The Bertz CT molecular complexity index is 849. The monoisotopic (exact) mass is 407 g/mol. The zero-order valence-corrected chi connectivity index (χ0v) is 17.7. The molecule has 0 bridgehead atoms. The molecule has 6 nitrogen and oxygen atoms in total. The largest absolute Gasteiger partial charge is 0.462 e. The number of carbonyl (C=O) groups is 1. The normalized spacial score (nSPS) is 13.8. The smallest absolute Gasteiger partial charge is 0.341 e. The summed E-state index contributed by atoms with van der Waals surface area (Å²) in [6, 6.07) is 1.83. The Morgan fingerprint density at radius 2 is 2.07 bits per heavy atom. The molecular formula is C19H25N3O3S2. The quantitative estimate of drug-likeness (QED) is 0.551. The van der Waals surface area contributed by atoms with Gasteiger partial charge in [-0.2, -0.15) is 0 Å². The SMILES string of the molecule is CCOC(=O)c1c(NC(=S)Nc2cc(C(C)(C)C)on2)sc2c1CCCC2. The molecule has 0 saturated carbocycles. The molecule has 1 aliphatic carbocycles. The summed E-state index contributed by atoms with van der Waals surface area (Å²) in [5, 5.41) is 11.3. The lowest BCUT2D eigenvalue weighted by molar-refractivity contribution is 0.0526. The van der Waals surface area contributed by atoms with Crippen molar-refractivity contribution in [3.63, 3.8) is 0 Å². The Morgan fingerprint density at radius 3 is 2.74 bits per heavy atom. The fraction of sp³-hybridized carbons (Fsp3) is 0.526. The molecule has 27 heavy (non-hydrogen) atoms. The maximum absolute atomic E-state index is 12.5. The summed E-state index contributed by atoms with van der Waals surface area (Å²) < 4.78 is 10.6. The Hall–Kier alpha value is -1.93. The number of anilines is 2. The number of thiophene rings is 1. The van der Waals surface area contributed by atoms with Crippen LogP contribution < -0.4 is 10.6 Å². The number of carbonyl (C=O) groups excluding carboxylic acids is 1. The number of hydrogen-bond acceptors (Lipinski definition) is 6. The second kappa shape index (κ2) is 7.98. The number of thiocarbonyl (C=S) groups is 1. The van der Waals surface area contributed by atoms with Gasteiger partial charge in [0, 0.05) is 16.4 Å². The van der Waals surface area contributed by atoms with Gasteiger partial charge in [-0.25, -0.2) is 4.79 Å². The summed E-state index contributed by atoms with van der Waals surface area (Å²) >= 11 is 7.00. The first kappa shape index (κ1) is 19.8. The minimum atomic E-state index is -0.293. The van der Waals surface area contributed by atoms with E-state index in [2.05, 4.69) is 36.6 Å². The van der Waals surface area contributed by atoms with Crippen molar-refractivity contribution in [1.82, 2.24) is 5.16 Å². The van der Waals surface area contributed by atoms with Crippen LogP contribution in [0.25, 0.3) is 0 Å². The maximum Gasteiger partial charge on any atom is 0.341 e. The van der Waals surface area contributed by atoms with Crippen LogP contribution in [0.1, 0.15) is 67.1 Å². The third-order valence-electron chi connectivity index (χ3n) is 4.37. The molecule has 2 N–H and O–H groups in total. The summed E-state index contributed by atoms with van der Waals surface area (Å²) in [5.41, 5.74) is 1.59. The van der Waals surface area contributed by atoms with E-state index >= 15 is 0 Å². The van der Waals surface area contributed by atoms with Gasteiger partial charge in [0.25, 0.3) is 0 Å². The van der Waals surface area contributed by atoms with Crippen LogP contribution in [0, 0.1) is 0 Å². The molecule has 0 amide bonds. The fourth-order valence-corrected chi connectivity index (χ4v) is 4.56. The van der Waals surface area contributed by atoms with Crippen molar-refractivity contribution in [1.29, 1.82) is 0 Å². The fourth-order valence-electron chi connectivity index (χ4n) is 3.01. The van der Waals surface area contributed by atoms with E-state index in [0.29, 0.717) is 23.1 Å². The highest BCUT2D eigenvalue weighted by molar-refractivity contribution is 7.80. The number of aryl methyl sites for hydroxylation is 1. The van der Waals surface area contributed by atoms with Crippen molar-refractivity contribution in [2.45, 2.75) is 58.8 Å². The number of rotatable bonds is 4. The number of esters is 1. The highest BCUT2D eigenvalue weighted by Gasteiger charge is 2.27. The lowest BCUT2D eigenvalue weighted by atomic mass is 9.93. The molecule has 0 fully saturated rings. The predicted octanol–water partition coefficient (Wildman–Crippen LogP) is 4.90. The Kier molecular flexibility index (Phi) is 5.86. The molecule has 146 valence electrons. The van der Waals surface area contributed by atoms with Gasteiger partial charge in [0.2, 0.25) is 0 Å². The minimum Gasteiger partial charge on any atom is -0.462 e. The summed E-state index contributed by atoms with van der Waals surface area (Å²) in [6.07, 6.45) is 4.13. The van der Waals surface area contributed by atoms with E-state index in [9.17, 15) is 4.79 Å². The van der Waals surface area contributed by atoms with Crippen molar-refractivity contribution in [2.75, 3.05) is 17.2 Å². The molecular weight excluding hydrogens is 382 g/mol. The van der Waals surface area contributed by atoms with Crippen LogP contribution in [0.5, 0.6) is 0 Å². The lowest BCUT2D eigenvalue weighted by Crippen LogP contribution is -2.20. The van der Waals surface area contributed by atoms with E-state index in [-0.39, 0.29) is 11.4 Å². The van der Waals surface area contributed by atoms with Gasteiger partial charge in [0.1, 0.15) is 10.8 Å². The van der Waals surface area contributed by atoms with Gasteiger partial charge >= 0.3 is 5.97 Å². The van der Waals surface area contributed by atoms with Crippen molar-refractivity contribution in [3.8, 4) is 0 Å². The Morgan fingerprint density at radius 1 is 1.33 bits per heavy atom. The zero-order valence-electron chi connectivity index (χ0n) is 16.1. The standard InChI is InChI=1S/C19H25N3O3S2/c1-5-24-17(23)15-11-8-6-7-9-12(11)27-16(15)21-18(26)20-14-10-13(25-22-14)19(2,3)4/h10H,5-9H2,1-4H3,(H2,20,21,22,26). The number of fused-ring (bicyclic) bond motifs is 1. The molecule has 1 aliphatic rings. The van der Waals surface area contributed by atoms with E-state index in [1.807, 2.05) is 13.0 Å². The minimum absolute atomic E-state index is 0.133. The third-order valence-corrected chi connectivity index (χ3v) is 5.78. The van der Waals surface area contributed by atoms with Crippen LogP contribution in [0.4, 0.5) is 10.8 Å². The second-order valence-electron chi connectivity index (χ2n) is 7.54. The lowest BCUT2D eigenvalue weighted by Gasteiger charge is -2.13. The van der Waals surface area contributed by atoms with Gasteiger partial charge in [-0.1, -0.05) is 25.9 Å². The van der Waals surface area contributed by atoms with Gasteiger partial charge in [-0.15, -0.1) is 11.3 Å². The molecule has 0 aromatic carbocycles. The van der Waals surface area contributed by atoms with Crippen LogP contribution in [0.15, 0.2) is 10.6 Å². The van der Waals surface area contributed by atoms with Crippen molar-refractivity contribution in [3.05, 3.63) is 27.8 Å². The van der Waals surface area contributed by atoms with Crippen LogP contribution in [-0.4, -0.2) is 22.8 Å². The summed E-state index contributed by atoms with van der Waals surface area (Å²) in [4.78, 5) is 13.7. The van der Waals surface area contributed by atoms with Gasteiger partial charge in [0.15, 0.2) is 10.9 Å².